The Morgan fingerprint density at radius 1 is 1.00 bits per heavy atom. The number of likely N-dealkylation sites (tertiary alicyclic amines) is 1. The highest BCUT2D eigenvalue weighted by Gasteiger charge is 2.40. The molecule has 5 rings (SSSR count). The first-order valence-electron chi connectivity index (χ1n) is 10.9. The van der Waals surface area contributed by atoms with E-state index in [0.717, 1.165) is 37.6 Å². The van der Waals surface area contributed by atoms with Crippen LogP contribution in [0.4, 0.5) is 15.9 Å². The number of benzene rings is 1. The lowest BCUT2D eigenvalue weighted by Gasteiger charge is -2.24. The van der Waals surface area contributed by atoms with Gasteiger partial charge in [0, 0.05) is 38.9 Å². The summed E-state index contributed by atoms with van der Waals surface area (Å²) in [5, 5.41) is 0. The topological polar surface area (TPSA) is 48.9 Å². The second-order valence-corrected chi connectivity index (χ2v) is 8.29. The number of hydrogen-bond acceptors (Lipinski definition) is 5. The number of para-hydroxylation sites is 1. The lowest BCUT2D eigenvalue weighted by atomic mass is 10.2. The standard InChI is InChI=1S/C23H27FN4O2/c24-18-6-1-2-7-19(18)28-15-10-20(23(28)29)27-14-9-17(16-27)30-21-8-5-11-25-22(21)26-12-3-4-13-26/h1-2,5-8,11,17,20H,3-4,9-10,12-16H2/t17-,20+/m1/s1. The van der Waals surface area contributed by atoms with E-state index in [4.69, 9.17) is 4.74 Å². The maximum atomic E-state index is 14.2. The smallest absolute Gasteiger partial charge is 0.244 e. The Morgan fingerprint density at radius 2 is 1.83 bits per heavy atom. The van der Waals surface area contributed by atoms with Gasteiger partial charge in [-0.2, -0.15) is 0 Å². The summed E-state index contributed by atoms with van der Waals surface area (Å²) < 4.78 is 20.5. The molecule has 6 nitrogen and oxygen atoms in total. The Morgan fingerprint density at radius 3 is 2.67 bits per heavy atom. The Labute approximate surface area is 176 Å². The molecule has 1 amide bonds. The fourth-order valence-electron chi connectivity index (χ4n) is 4.87. The third-order valence-corrected chi connectivity index (χ3v) is 6.39. The fourth-order valence-corrected chi connectivity index (χ4v) is 4.87. The molecule has 4 heterocycles. The average molecular weight is 410 g/mol. The van der Waals surface area contributed by atoms with Crippen LogP contribution in [0.3, 0.4) is 0 Å². The minimum absolute atomic E-state index is 0.0140. The first-order valence-corrected chi connectivity index (χ1v) is 10.9. The van der Waals surface area contributed by atoms with Gasteiger partial charge in [-0.1, -0.05) is 12.1 Å². The molecule has 0 saturated carbocycles. The van der Waals surface area contributed by atoms with Crippen molar-refractivity contribution >= 4 is 17.4 Å². The van der Waals surface area contributed by atoms with Crippen molar-refractivity contribution in [1.82, 2.24) is 9.88 Å². The van der Waals surface area contributed by atoms with Crippen LogP contribution in [-0.4, -0.2) is 60.7 Å². The molecule has 3 aliphatic heterocycles. The molecule has 1 aromatic heterocycles. The van der Waals surface area contributed by atoms with Gasteiger partial charge in [-0.25, -0.2) is 9.37 Å². The number of halogens is 1. The van der Waals surface area contributed by atoms with Crippen LogP contribution in [0, 0.1) is 5.82 Å². The first-order chi connectivity index (χ1) is 14.7. The lowest BCUT2D eigenvalue weighted by molar-refractivity contribution is -0.121. The van der Waals surface area contributed by atoms with E-state index < -0.39 is 0 Å². The van der Waals surface area contributed by atoms with Crippen LogP contribution in [0.5, 0.6) is 5.75 Å². The second-order valence-electron chi connectivity index (χ2n) is 8.29. The third kappa shape index (κ3) is 3.62. The number of rotatable bonds is 5. The summed E-state index contributed by atoms with van der Waals surface area (Å²) in [6, 6.07) is 10.2. The van der Waals surface area contributed by atoms with Crippen LogP contribution in [0.25, 0.3) is 0 Å². The molecule has 3 fully saturated rings. The lowest BCUT2D eigenvalue weighted by Crippen LogP contribution is -2.41. The quantitative estimate of drug-likeness (QED) is 0.758. The van der Waals surface area contributed by atoms with E-state index >= 15 is 0 Å². The summed E-state index contributed by atoms with van der Waals surface area (Å²) in [6.07, 6.45) is 5.82. The predicted molar refractivity (Wildman–Crippen MR) is 113 cm³/mol. The minimum Gasteiger partial charge on any atom is -0.485 e. The highest BCUT2D eigenvalue weighted by Crippen LogP contribution is 2.32. The van der Waals surface area contributed by atoms with Crippen LogP contribution < -0.4 is 14.5 Å². The van der Waals surface area contributed by atoms with Crippen LogP contribution in [0.2, 0.25) is 0 Å². The summed E-state index contributed by atoms with van der Waals surface area (Å²) in [4.78, 5) is 23.6. The number of anilines is 2. The number of amides is 1. The molecule has 3 aliphatic rings. The van der Waals surface area contributed by atoms with E-state index in [1.54, 1.807) is 23.1 Å². The Kier molecular flexibility index (Phi) is 5.29. The number of carbonyl (C=O) groups excluding carboxylic acids is 1. The van der Waals surface area contributed by atoms with E-state index in [-0.39, 0.29) is 23.9 Å². The molecule has 0 bridgehead atoms. The zero-order valence-electron chi connectivity index (χ0n) is 17.0. The zero-order chi connectivity index (χ0) is 20.5. The molecule has 0 radical (unpaired) electrons. The normalized spacial score (nSPS) is 24.8. The molecule has 2 atom stereocenters. The van der Waals surface area contributed by atoms with E-state index in [0.29, 0.717) is 25.2 Å². The molecule has 0 aliphatic carbocycles. The van der Waals surface area contributed by atoms with Gasteiger partial charge in [0.05, 0.1) is 11.7 Å². The van der Waals surface area contributed by atoms with Crippen LogP contribution in [0.1, 0.15) is 25.7 Å². The third-order valence-electron chi connectivity index (χ3n) is 6.39. The van der Waals surface area contributed by atoms with Gasteiger partial charge in [0.1, 0.15) is 11.9 Å². The summed E-state index contributed by atoms with van der Waals surface area (Å²) >= 11 is 0. The number of aromatic nitrogens is 1. The summed E-state index contributed by atoms with van der Waals surface area (Å²) in [7, 11) is 0. The van der Waals surface area contributed by atoms with Crippen molar-refractivity contribution in [2.75, 3.05) is 42.5 Å². The van der Waals surface area contributed by atoms with Crippen molar-refractivity contribution in [2.45, 2.75) is 37.8 Å². The zero-order valence-corrected chi connectivity index (χ0v) is 17.0. The Hall–Kier alpha value is -2.67. The molecule has 0 N–H and O–H groups in total. The van der Waals surface area contributed by atoms with Gasteiger partial charge >= 0.3 is 0 Å². The summed E-state index contributed by atoms with van der Waals surface area (Å²) in [5.41, 5.74) is 0.377. The van der Waals surface area contributed by atoms with Crippen molar-refractivity contribution in [3.8, 4) is 5.75 Å². The van der Waals surface area contributed by atoms with E-state index in [9.17, 15) is 9.18 Å². The van der Waals surface area contributed by atoms with Crippen molar-refractivity contribution < 1.29 is 13.9 Å². The molecular formula is C23H27FN4O2. The molecule has 1 aromatic carbocycles. The van der Waals surface area contributed by atoms with Gasteiger partial charge in [-0.3, -0.25) is 9.69 Å². The number of carbonyl (C=O) groups is 1. The predicted octanol–water partition coefficient (Wildman–Crippen LogP) is 3.08. The van der Waals surface area contributed by atoms with E-state index in [2.05, 4.69) is 14.8 Å². The maximum absolute atomic E-state index is 14.2. The molecule has 3 saturated heterocycles. The number of nitrogens with zero attached hydrogens (tertiary/aromatic N) is 4. The Bertz CT molecular complexity index is 918. The Balaban J connectivity index is 1.24. The number of pyridine rings is 1. The van der Waals surface area contributed by atoms with E-state index in [1.165, 1.54) is 18.9 Å². The van der Waals surface area contributed by atoms with Gasteiger partial charge in [-0.05, 0) is 49.9 Å². The maximum Gasteiger partial charge on any atom is 0.244 e. The van der Waals surface area contributed by atoms with Gasteiger partial charge in [0.25, 0.3) is 0 Å². The second kappa shape index (κ2) is 8.22. The minimum atomic E-state index is -0.347. The molecule has 0 spiro atoms. The van der Waals surface area contributed by atoms with Crippen molar-refractivity contribution in [3.63, 3.8) is 0 Å². The largest absolute Gasteiger partial charge is 0.485 e. The molecule has 7 heteroatoms. The van der Waals surface area contributed by atoms with Crippen molar-refractivity contribution in [2.24, 2.45) is 0 Å². The number of hydrogen-bond donors (Lipinski definition) is 0. The van der Waals surface area contributed by atoms with Gasteiger partial charge in [0.15, 0.2) is 11.6 Å². The first kappa shape index (κ1) is 19.3. The van der Waals surface area contributed by atoms with Crippen molar-refractivity contribution in [1.29, 1.82) is 0 Å². The summed E-state index contributed by atoms with van der Waals surface area (Å²) in [5.74, 6) is 1.40. The van der Waals surface area contributed by atoms with Gasteiger partial charge in [-0.15, -0.1) is 0 Å². The molecule has 2 aromatic rings. The SMILES string of the molecule is O=C1[C@@H](N2CC[C@@H](Oc3cccnc3N3CCCC3)C2)CCN1c1ccccc1F. The monoisotopic (exact) mass is 410 g/mol. The highest BCUT2D eigenvalue weighted by atomic mass is 19.1. The van der Waals surface area contributed by atoms with Crippen molar-refractivity contribution in [3.05, 3.63) is 48.4 Å². The van der Waals surface area contributed by atoms with E-state index in [1.807, 2.05) is 18.3 Å². The van der Waals surface area contributed by atoms with Crippen LogP contribution in [-0.2, 0) is 4.79 Å². The molecule has 158 valence electrons. The van der Waals surface area contributed by atoms with Gasteiger partial charge in [0.2, 0.25) is 5.91 Å². The van der Waals surface area contributed by atoms with Crippen LogP contribution in [0.15, 0.2) is 42.6 Å². The fraction of sp³-hybridized carbons (Fsp3) is 0.478. The molecule has 0 unspecified atom stereocenters. The average Bonchev–Trinajstić information content (AvgIpc) is 3.51. The highest BCUT2D eigenvalue weighted by molar-refractivity contribution is 5.99. The molecule has 30 heavy (non-hydrogen) atoms. The van der Waals surface area contributed by atoms with Gasteiger partial charge < -0.3 is 14.5 Å². The molecular weight excluding hydrogens is 383 g/mol. The number of ether oxygens (including phenoxy) is 1. The summed E-state index contributed by atoms with van der Waals surface area (Å²) in [6.45, 7) is 4.11. The van der Waals surface area contributed by atoms with Crippen LogP contribution >= 0.6 is 0 Å².